The van der Waals surface area contributed by atoms with Gasteiger partial charge in [-0.15, -0.1) is 0 Å². The Labute approximate surface area is 117 Å². The topological polar surface area (TPSA) is 87.6 Å². The second-order valence-electron chi connectivity index (χ2n) is 4.33. The van der Waals surface area contributed by atoms with Crippen LogP contribution < -0.4 is 10.6 Å². The van der Waals surface area contributed by atoms with E-state index in [1.54, 1.807) is 18.6 Å². The third kappa shape index (κ3) is 3.94. The molecule has 0 unspecified atom stereocenters. The first-order chi connectivity index (χ1) is 9.79. The van der Waals surface area contributed by atoms with Gasteiger partial charge in [0.15, 0.2) is 0 Å². The predicted molar refractivity (Wildman–Crippen MR) is 77.5 cm³/mol. The quantitative estimate of drug-likeness (QED) is 0.361. The van der Waals surface area contributed by atoms with Crippen molar-refractivity contribution in [1.29, 1.82) is 0 Å². The minimum atomic E-state index is 0.218. The average Bonchev–Trinajstić information content (AvgIpc) is 2.53. The molecular weight excluding hydrogens is 254 g/mol. The molecule has 0 atom stereocenters. The van der Waals surface area contributed by atoms with E-state index < -0.39 is 0 Å². The highest BCUT2D eigenvalue weighted by Gasteiger charge is 2.08. The van der Waals surface area contributed by atoms with E-state index in [2.05, 4.69) is 20.0 Å². The van der Waals surface area contributed by atoms with Crippen molar-refractivity contribution in [3.8, 4) is 0 Å². The summed E-state index contributed by atoms with van der Waals surface area (Å²) in [6, 6.07) is 7.79. The van der Waals surface area contributed by atoms with E-state index in [9.17, 15) is 0 Å². The molecule has 6 heteroatoms. The molecule has 0 aliphatic rings. The van der Waals surface area contributed by atoms with E-state index in [1.165, 1.54) is 0 Å². The number of nitrogens with two attached hydrogens (primary N) is 1. The van der Waals surface area contributed by atoms with Gasteiger partial charge in [0.25, 0.3) is 0 Å². The Morgan fingerprint density at radius 2 is 2.00 bits per heavy atom. The van der Waals surface area contributed by atoms with Crippen LogP contribution in [0.3, 0.4) is 0 Å². The molecule has 20 heavy (non-hydrogen) atoms. The number of amidine groups is 1. The Hall–Kier alpha value is -2.63. The first-order valence-corrected chi connectivity index (χ1v) is 6.30. The van der Waals surface area contributed by atoms with Crippen molar-refractivity contribution in [3.63, 3.8) is 0 Å². The average molecular weight is 271 g/mol. The third-order valence-electron chi connectivity index (χ3n) is 2.89. The standard InChI is InChI=1S/C14H17N5O/c15-14(18-20)5-9-19(13-3-7-16-8-4-13)11-12-2-1-6-17-10-12/h1-4,6-8,10,20H,5,9,11H2,(H2,15,18). The fraction of sp³-hybridized carbons (Fsp3) is 0.214. The molecule has 0 aliphatic heterocycles. The SMILES string of the molecule is N/C(CCN(Cc1cccnc1)c1ccncc1)=N\O. The van der Waals surface area contributed by atoms with Crippen LogP contribution in [-0.4, -0.2) is 27.6 Å². The Morgan fingerprint density at radius 1 is 1.20 bits per heavy atom. The number of anilines is 1. The molecule has 104 valence electrons. The molecule has 0 saturated carbocycles. The van der Waals surface area contributed by atoms with Gasteiger partial charge in [-0.25, -0.2) is 0 Å². The summed E-state index contributed by atoms with van der Waals surface area (Å²) in [4.78, 5) is 10.3. The van der Waals surface area contributed by atoms with Gasteiger partial charge in [-0.05, 0) is 23.8 Å². The van der Waals surface area contributed by atoms with Crippen LogP contribution in [0, 0.1) is 0 Å². The van der Waals surface area contributed by atoms with E-state index in [0.717, 1.165) is 11.3 Å². The number of pyridine rings is 2. The molecule has 6 nitrogen and oxygen atoms in total. The lowest BCUT2D eigenvalue weighted by Crippen LogP contribution is -2.27. The molecular formula is C14H17N5O. The highest BCUT2D eigenvalue weighted by atomic mass is 16.4. The second kappa shape index (κ2) is 7.08. The van der Waals surface area contributed by atoms with Crippen molar-refractivity contribution >= 4 is 11.5 Å². The molecule has 2 rings (SSSR count). The van der Waals surface area contributed by atoms with Crippen LogP contribution >= 0.6 is 0 Å². The number of rotatable bonds is 6. The molecule has 0 aromatic carbocycles. The highest BCUT2D eigenvalue weighted by molar-refractivity contribution is 5.80. The minimum absolute atomic E-state index is 0.218. The Morgan fingerprint density at radius 3 is 2.65 bits per heavy atom. The maximum Gasteiger partial charge on any atom is 0.140 e. The first kappa shape index (κ1) is 13.8. The summed E-state index contributed by atoms with van der Waals surface area (Å²) in [6.07, 6.45) is 7.55. The summed E-state index contributed by atoms with van der Waals surface area (Å²) < 4.78 is 0. The lowest BCUT2D eigenvalue weighted by molar-refractivity contribution is 0.317. The van der Waals surface area contributed by atoms with Crippen LogP contribution in [0.2, 0.25) is 0 Å². The molecule has 0 spiro atoms. The van der Waals surface area contributed by atoms with Gasteiger partial charge in [-0.2, -0.15) is 0 Å². The van der Waals surface area contributed by atoms with Crippen molar-refractivity contribution in [3.05, 3.63) is 54.6 Å². The van der Waals surface area contributed by atoms with Crippen molar-refractivity contribution in [2.24, 2.45) is 10.9 Å². The van der Waals surface area contributed by atoms with Gasteiger partial charge in [0.05, 0.1) is 0 Å². The van der Waals surface area contributed by atoms with Gasteiger partial charge >= 0.3 is 0 Å². The molecule has 0 amide bonds. The van der Waals surface area contributed by atoms with Gasteiger partial charge in [0.1, 0.15) is 5.84 Å². The van der Waals surface area contributed by atoms with Gasteiger partial charge in [-0.1, -0.05) is 11.2 Å². The normalized spacial score (nSPS) is 11.3. The van der Waals surface area contributed by atoms with Crippen LogP contribution in [-0.2, 0) is 6.54 Å². The van der Waals surface area contributed by atoms with Gasteiger partial charge in [0, 0.05) is 50.0 Å². The fourth-order valence-corrected chi connectivity index (χ4v) is 1.87. The second-order valence-corrected chi connectivity index (χ2v) is 4.33. The zero-order valence-electron chi connectivity index (χ0n) is 11.1. The fourth-order valence-electron chi connectivity index (χ4n) is 1.87. The van der Waals surface area contributed by atoms with E-state index in [4.69, 9.17) is 10.9 Å². The van der Waals surface area contributed by atoms with Gasteiger partial charge in [0.2, 0.25) is 0 Å². The largest absolute Gasteiger partial charge is 0.409 e. The number of oxime groups is 1. The van der Waals surface area contributed by atoms with Crippen LogP contribution in [0.5, 0.6) is 0 Å². The summed E-state index contributed by atoms with van der Waals surface area (Å²) in [5.41, 5.74) is 7.68. The zero-order valence-corrected chi connectivity index (χ0v) is 11.1. The number of nitrogens with zero attached hydrogens (tertiary/aromatic N) is 4. The van der Waals surface area contributed by atoms with Gasteiger partial charge < -0.3 is 15.8 Å². The molecule has 0 aliphatic carbocycles. The predicted octanol–water partition coefficient (Wildman–Crippen LogP) is 1.62. The van der Waals surface area contributed by atoms with Crippen LogP contribution in [0.4, 0.5) is 5.69 Å². The van der Waals surface area contributed by atoms with E-state index in [0.29, 0.717) is 19.5 Å². The van der Waals surface area contributed by atoms with Crippen LogP contribution in [0.25, 0.3) is 0 Å². The maximum absolute atomic E-state index is 8.63. The monoisotopic (exact) mass is 271 g/mol. The summed E-state index contributed by atoms with van der Waals surface area (Å²) in [5, 5.41) is 11.6. The molecule has 0 bridgehead atoms. The van der Waals surface area contributed by atoms with Crippen molar-refractivity contribution in [2.75, 3.05) is 11.4 Å². The van der Waals surface area contributed by atoms with Crippen molar-refractivity contribution < 1.29 is 5.21 Å². The maximum atomic E-state index is 8.63. The number of aromatic nitrogens is 2. The molecule has 0 fully saturated rings. The summed E-state index contributed by atoms with van der Waals surface area (Å²) >= 11 is 0. The van der Waals surface area contributed by atoms with Gasteiger partial charge in [-0.3, -0.25) is 9.97 Å². The van der Waals surface area contributed by atoms with Crippen molar-refractivity contribution in [2.45, 2.75) is 13.0 Å². The Balaban J connectivity index is 2.12. The molecule has 2 aromatic rings. The molecule has 3 N–H and O–H groups in total. The molecule has 2 aromatic heterocycles. The summed E-state index contributed by atoms with van der Waals surface area (Å²) in [6.45, 7) is 1.35. The smallest absolute Gasteiger partial charge is 0.140 e. The zero-order chi connectivity index (χ0) is 14.2. The molecule has 0 radical (unpaired) electrons. The first-order valence-electron chi connectivity index (χ1n) is 6.30. The Bertz CT molecular complexity index is 544. The highest BCUT2D eigenvalue weighted by Crippen LogP contribution is 2.16. The van der Waals surface area contributed by atoms with Crippen LogP contribution in [0.15, 0.2) is 54.2 Å². The summed E-state index contributed by atoms with van der Waals surface area (Å²) in [5.74, 6) is 0.218. The van der Waals surface area contributed by atoms with E-state index in [-0.39, 0.29) is 5.84 Å². The lowest BCUT2D eigenvalue weighted by Gasteiger charge is -2.24. The number of hydrogen-bond donors (Lipinski definition) is 2. The molecule has 0 saturated heterocycles. The summed E-state index contributed by atoms with van der Waals surface area (Å²) in [7, 11) is 0. The minimum Gasteiger partial charge on any atom is -0.409 e. The van der Waals surface area contributed by atoms with Crippen LogP contribution in [0.1, 0.15) is 12.0 Å². The number of hydrogen-bond acceptors (Lipinski definition) is 5. The third-order valence-corrected chi connectivity index (χ3v) is 2.89. The lowest BCUT2D eigenvalue weighted by atomic mass is 10.2. The van der Waals surface area contributed by atoms with E-state index >= 15 is 0 Å². The van der Waals surface area contributed by atoms with Crippen molar-refractivity contribution in [1.82, 2.24) is 9.97 Å². The Kier molecular flexibility index (Phi) is 4.88. The van der Waals surface area contributed by atoms with E-state index in [1.807, 2.05) is 30.5 Å². The molecule has 2 heterocycles.